The lowest BCUT2D eigenvalue weighted by Crippen LogP contribution is -2.43. The van der Waals surface area contributed by atoms with Crippen molar-refractivity contribution in [2.24, 2.45) is 0 Å². The lowest BCUT2D eigenvalue weighted by molar-refractivity contribution is -0.126. The molecule has 0 radical (unpaired) electrons. The number of likely N-dealkylation sites (tertiary alicyclic amines) is 1. The second-order valence-electron chi connectivity index (χ2n) is 7.77. The van der Waals surface area contributed by atoms with Crippen molar-refractivity contribution < 1.29 is 27.5 Å². The summed E-state index contributed by atoms with van der Waals surface area (Å²) < 4.78 is 45.6. The summed E-state index contributed by atoms with van der Waals surface area (Å²) >= 11 is 0. The van der Waals surface area contributed by atoms with E-state index in [0.29, 0.717) is 11.1 Å². The third-order valence-electron chi connectivity index (χ3n) is 5.42. The van der Waals surface area contributed by atoms with E-state index in [1.807, 2.05) is 0 Å². The van der Waals surface area contributed by atoms with E-state index in [2.05, 4.69) is 10.1 Å². The summed E-state index contributed by atoms with van der Waals surface area (Å²) in [6.45, 7) is 0.810. The monoisotopic (exact) mass is 434 g/mol. The third-order valence-corrected chi connectivity index (χ3v) is 5.42. The summed E-state index contributed by atoms with van der Waals surface area (Å²) in [5.41, 5.74) is 2.36. The smallest absolute Gasteiger partial charge is 0.337 e. The molecule has 31 heavy (non-hydrogen) atoms. The maximum absolute atomic E-state index is 14.1. The van der Waals surface area contributed by atoms with Crippen LogP contribution in [0.3, 0.4) is 0 Å². The van der Waals surface area contributed by atoms with Gasteiger partial charge in [0.05, 0.1) is 31.3 Å². The Kier molecular flexibility index (Phi) is 7.00. The van der Waals surface area contributed by atoms with E-state index in [1.54, 1.807) is 55.5 Å². The molecule has 2 aromatic rings. The largest absolute Gasteiger partial charge is 0.465 e. The highest BCUT2D eigenvalue weighted by atomic mass is 19.3. The topological polar surface area (TPSA) is 58.6 Å². The summed E-state index contributed by atoms with van der Waals surface area (Å²) in [6, 6.07) is 11.7. The van der Waals surface area contributed by atoms with Gasteiger partial charge in [-0.25, -0.2) is 18.0 Å². The summed E-state index contributed by atoms with van der Waals surface area (Å²) in [6.07, 6.45) is -0.560. The van der Waals surface area contributed by atoms with Crippen LogP contribution >= 0.6 is 0 Å². The Balaban J connectivity index is 1.68. The van der Waals surface area contributed by atoms with Crippen molar-refractivity contribution in [2.75, 3.05) is 13.7 Å². The Labute approximate surface area is 179 Å². The average Bonchev–Trinajstić information content (AvgIpc) is 3.07. The SMILES string of the molecule is COC(=O)c1ccc([C@H](C)NC(=O)[C@H]2CC(F)(F)CN2Cc2ccc(CF)cc2)cc1. The highest BCUT2D eigenvalue weighted by molar-refractivity contribution is 5.89. The highest BCUT2D eigenvalue weighted by Crippen LogP contribution is 2.33. The molecule has 166 valence electrons. The van der Waals surface area contributed by atoms with Crippen LogP contribution in [0.1, 0.15) is 46.4 Å². The number of rotatable bonds is 7. The maximum atomic E-state index is 14.1. The van der Waals surface area contributed by atoms with Crippen LogP contribution in [0.25, 0.3) is 0 Å². The first-order valence-electron chi connectivity index (χ1n) is 9.97. The third kappa shape index (κ3) is 5.64. The Morgan fingerprint density at radius 3 is 2.32 bits per heavy atom. The molecule has 2 aromatic carbocycles. The number of nitrogens with one attached hydrogen (secondary N) is 1. The van der Waals surface area contributed by atoms with Crippen LogP contribution < -0.4 is 5.32 Å². The Morgan fingerprint density at radius 1 is 1.13 bits per heavy atom. The molecule has 0 spiro atoms. The number of halogens is 3. The minimum Gasteiger partial charge on any atom is -0.465 e. The van der Waals surface area contributed by atoms with Gasteiger partial charge in [-0.15, -0.1) is 0 Å². The van der Waals surface area contributed by atoms with E-state index in [0.717, 1.165) is 11.1 Å². The molecule has 1 aliphatic rings. The molecule has 1 amide bonds. The van der Waals surface area contributed by atoms with Crippen LogP contribution in [-0.2, 0) is 22.8 Å². The van der Waals surface area contributed by atoms with Crippen LogP contribution in [0.4, 0.5) is 13.2 Å². The molecule has 0 bridgehead atoms. The molecule has 1 heterocycles. The molecule has 8 heteroatoms. The molecular weight excluding hydrogens is 409 g/mol. The molecular formula is C23H25F3N2O3. The fourth-order valence-electron chi connectivity index (χ4n) is 3.70. The van der Waals surface area contributed by atoms with Crippen LogP contribution in [0.2, 0.25) is 0 Å². The number of hydrogen-bond donors (Lipinski definition) is 1. The number of amides is 1. The molecule has 1 saturated heterocycles. The fraction of sp³-hybridized carbons (Fsp3) is 0.391. The number of benzene rings is 2. The van der Waals surface area contributed by atoms with Crippen molar-refractivity contribution in [3.05, 3.63) is 70.8 Å². The number of nitrogens with zero attached hydrogens (tertiary/aromatic N) is 1. The number of methoxy groups -OCH3 is 1. The predicted octanol–water partition coefficient (Wildman–Crippen LogP) is 4.03. The summed E-state index contributed by atoms with van der Waals surface area (Å²) in [5, 5.41) is 2.79. The minimum atomic E-state index is -2.97. The summed E-state index contributed by atoms with van der Waals surface area (Å²) in [5.74, 6) is -3.92. The van der Waals surface area contributed by atoms with Crippen molar-refractivity contribution in [1.29, 1.82) is 0 Å². The Bertz CT molecular complexity index is 917. The van der Waals surface area contributed by atoms with E-state index in [1.165, 1.54) is 12.0 Å². The van der Waals surface area contributed by atoms with Gasteiger partial charge in [-0.2, -0.15) is 0 Å². The van der Waals surface area contributed by atoms with Crippen LogP contribution in [-0.4, -0.2) is 42.4 Å². The number of carbonyl (C=O) groups is 2. The van der Waals surface area contributed by atoms with Gasteiger partial charge in [-0.05, 0) is 35.7 Å². The molecule has 0 aromatic heterocycles. The first-order valence-corrected chi connectivity index (χ1v) is 9.97. The molecule has 2 atom stereocenters. The standard InChI is InChI=1S/C23H25F3N2O3/c1-15(18-7-9-19(10-8-18)22(30)31-2)27-21(29)20-11-23(25,26)14-28(20)13-17-5-3-16(12-24)4-6-17/h3-10,15,20H,11-14H2,1-2H3,(H,27,29)/t15-,20+/m0/s1. The molecule has 0 aliphatic carbocycles. The Hall–Kier alpha value is -2.87. The van der Waals surface area contributed by atoms with Gasteiger partial charge in [0.25, 0.3) is 5.92 Å². The molecule has 3 rings (SSSR count). The van der Waals surface area contributed by atoms with Gasteiger partial charge in [0.15, 0.2) is 0 Å². The molecule has 0 saturated carbocycles. The van der Waals surface area contributed by atoms with Gasteiger partial charge < -0.3 is 10.1 Å². The zero-order valence-electron chi connectivity index (χ0n) is 17.4. The summed E-state index contributed by atoms with van der Waals surface area (Å²) in [7, 11) is 1.29. The van der Waals surface area contributed by atoms with Gasteiger partial charge in [0.1, 0.15) is 6.67 Å². The maximum Gasteiger partial charge on any atom is 0.337 e. The molecule has 0 unspecified atom stereocenters. The van der Waals surface area contributed by atoms with E-state index in [9.17, 15) is 22.8 Å². The number of alkyl halides is 3. The van der Waals surface area contributed by atoms with Crippen molar-refractivity contribution in [1.82, 2.24) is 10.2 Å². The second kappa shape index (κ2) is 9.51. The van der Waals surface area contributed by atoms with Crippen LogP contribution in [0, 0.1) is 0 Å². The first-order chi connectivity index (χ1) is 14.7. The Morgan fingerprint density at radius 2 is 1.74 bits per heavy atom. The molecule has 1 fully saturated rings. The van der Waals surface area contributed by atoms with Gasteiger partial charge in [0.2, 0.25) is 5.91 Å². The van der Waals surface area contributed by atoms with Crippen molar-refractivity contribution in [3.63, 3.8) is 0 Å². The molecule has 5 nitrogen and oxygen atoms in total. The van der Waals surface area contributed by atoms with Gasteiger partial charge in [0, 0.05) is 13.0 Å². The highest BCUT2D eigenvalue weighted by Gasteiger charge is 2.48. The second-order valence-corrected chi connectivity index (χ2v) is 7.77. The lowest BCUT2D eigenvalue weighted by Gasteiger charge is -2.25. The van der Waals surface area contributed by atoms with Crippen LogP contribution in [0.5, 0.6) is 0 Å². The zero-order chi connectivity index (χ0) is 22.6. The van der Waals surface area contributed by atoms with Gasteiger partial charge in [-0.3, -0.25) is 9.69 Å². The van der Waals surface area contributed by atoms with E-state index in [-0.39, 0.29) is 6.54 Å². The molecule has 1 aliphatic heterocycles. The van der Waals surface area contributed by atoms with Crippen molar-refractivity contribution in [2.45, 2.75) is 44.6 Å². The summed E-state index contributed by atoms with van der Waals surface area (Å²) in [4.78, 5) is 25.8. The number of esters is 1. The predicted molar refractivity (Wildman–Crippen MR) is 109 cm³/mol. The number of hydrogen-bond acceptors (Lipinski definition) is 4. The van der Waals surface area contributed by atoms with E-state index >= 15 is 0 Å². The quantitative estimate of drug-likeness (QED) is 0.669. The van der Waals surface area contributed by atoms with Crippen LogP contribution in [0.15, 0.2) is 48.5 Å². The first kappa shape index (κ1) is 22.8. The van der Waals surface area contributed by atoms with Crippen molar-refractivity contribution >= 4 is 11.9 Å². The van der Waals surface area contributed by atoms with Gasteiger partial charge >= 0.3 is 5.97 Å². The lowest BCUT2D eigenvalue weighted by atomic mass is 10.0. The zero-order valence-corrected chi connectivity index (χ0v) is 17.4. The average molecular weight is 434 g/mol. The number of ether oxygens (including phenoxy) is 1. The van der Waals surface area contributed by atoms with Gasteiger partial charge in [-0.1, -0.05) is 36.4 Å². The molecule has 1 N–H and O–H groups in total. The minimum absolute atomic E-state index is 0.169. The normalized spacial score (nSPS) is 19.1. The fourth-order valence-corrected chi connectivity index (χ4v) is 3.70. The van der Waals surface area contributed by atoms with E-state index < -0.39 is 49.5 Å². The van der Waals surface area contributed by atoms with E-state index in [4.69, 9.17) is 0 Å². The number of carbonyl (C=O) groups excluding carboxylic acids is 2. The van der Waals surface area contributed by atoms with Crippen molar-refractivity contribution in [3.8, 4) is 0 Å².